The highest BCUT2D eigenvalue weighted by molar-refractivity contribution is 5.89. The topological polar surface area (TPSA) is 123 Å². The molecule has 0 amide bonds. The molecular weight excluding hydrogens is 496 g/mol. The van der Waals surface area contributed by atoms with E-state index in [2.05, 4.69) is 5.32 Å². The minimum atomic E-state index is -0.746. The second kappa shape index (κ2) is 14.1. The fraction of sp³-hybridized carbons (Fsp3) is 0.387. The number of hydrogen-bond donors (Lipinski definition) is 4. The predicted octanol–water partition coefficient (Wildman–Crippen LogP) is 3.26. The molecule has 0 aromatic heterocycles. The van der Waals surface area contributed by atoms with Gasteiger partial charge in [-0.1, -0.05) is 42.5 Å². The number of benzene rings is 3. The highest BCUT2D eigenvalue weighted by Gasteiger charge is 2.32. The van der Waals surface area contributed by atoms with Gasteiger partial charge in [0.2, 0.25) is 0 Å². The number of nitrogens with two attached hydrogens (primary N) is 1. The molecule has 3 unspecified atom stereocenters. The zero-order chi connectivity index (χ0) is 27.6. The number of hydrogen-bond acceptors (Lipinski definition) is 8. The van der Waals surface area contributed by atoms with Crippen molar-refractivity contribution >= 4 is 5.97 Å². The number of fused-ring (bicyclic) bond motifs is 1. The van der Waals surface area contributed by atoms with Crippen LogP contribution in [0.3, 0.4) is 0 Å². The van der Waals surface area contributed by atoms with Crippen molar-refractivity contribution in [2.45, 2.75) is 43.6 Å². The van der Waals surface area contributed by atoms with Crippen molar-refractivity contribution in [3.8, 4) is 11.5 Å². The van der Waals surface area contributed by atoms with Crippen LogP contribution in [-0.2, 0) is 11.2 Å². The van der Waals surface area contributed by atoms with Gasteiger partial charge in [-0.05, 0) is 72.7 Å². The summed E-state index contributed by atoms with van der Waals surface area (Å²) in [5.41, 5.74) is 9.11. The average molecular weight is 535 g/mol. The van der Waals surface area contributed by atoms with E-state index < -0.39 is 24.2 Å². The number of carbonyl (C=O) groups excluding carboxylic acids is 1. The first kappa shape index (κ1) is 28.6. The summed E-state index contributed by atoms with van der Waals surface area (Å²) in [4.78, 5) is 12.2. The predicted molar refractivity (Wildman–Crippen MR) is 149 cm³/mol. The fourth-order valence-electron chi connectivity index (χ4n) is 5.06. The Balaban J connectivity index is 1.44. The third-order valence-electron chi connectivity index (χ3n) is 7.05. The molecule has 5 N–H and O–H groups in total. The molecule has 4 rings (SSSR count). The first-order chi connectivity index (χ1) is 18.9. The van der Waals surface area contributed by atoms with Crippen molar-refractivity contribution in [1.82, 2.24) is 5.32 Å². The van der Waals surface area contributed by atoms with Crippen LogP contribution in [0.15, 0.2) is 78.9 Å². The maximum atomic E-state index is 12.2. The van der Waals surface area contributed by atoms with Gasteiger partial charge in [0.25, 0.3) is 0 Å². The van der Waals surface area contributed by atoms with E-state index in [1.54, 1.807) is 12.1 Å². The number of esters is 1. The lowest BCUT2D eigenvalue weighted by molar-refractivity contribution is 0.0600. The Bertz CT molecular complexity index is 1180. The summed E-state index contributed by atoms with van der Waals surface area (Å²) in [6.07, 6.45) is 0.496. The SMILES string of the molecule is COC(=O)c1ccc2c(c1)C(N)C(NC[C@H](O)COc1ccccc1)CC(C[C@H](O)COc1ccccc1)C2. The molecule has 0 bridgehead atoms. The Morgan fingerprint density at radius 2 is 1.56 bits per heavy atom. The van der Waals surface area contributed by atoms with E-state index in [-0.39, 0.29) is 31.7 Å². The maximum absolute atomic E-state index is 12.2. The van der Waals surface area contributed by atoms with Gasteiger partial charge in [0, 0.05) is 18.6 Å². The molecule has 5 atom stereocenters. The van der Waals surface area contributed by atoms with E-state index in [9.17, 15) is 15.0 Å². The summed E-state index contributed by atoms with van der Waals surface area (Å²) in [7, 11) is 1.35. The van der Waals surface area contributed by atoms with Gasteiger partial charge in [-0.3, -0.25) is 0 Å². The maximum Gasteiger partial charge on any atom is 0.337 e. The van der Waals surface area contributed by atoms with Gasteiger partial charge in [-0.25, -0.2) is 4.79 Å². The van der Waals surface area contributed by atoms with Gasteiger partial charge < -0.3 is 35.5 Å². The number of rotatable bonds is 12. The molecule has 0 fully saturated rings. The second-order valence-electron chi connectivity index (χ2n) is 10.0. The van der Waals surface area contributed by atoms with Gasteiger partial charge in [0.05, 0.1) is 18.8 Å². The first-order valence-electron chi connectivity index (χ1n) is 13.3. The number of ether oxygens (including phenoxy) is 3. The van der Waals surface area contributed by atoms with Gasteiger partial charge in [-0.15, -0.1) is 0 Å². The van der Waals surface area contributed by atoms with E-state index in [0.717, 1.165) is 11.1 Å². The van der Waals surface area contributed by atoms with Crippen LogP contribution >= 0.6 is 0 Å². The number of nitrogens with one attached hydrogen (secondary N) is 1. The third kappa shape index (κ3) is 8.28. The molecule has 0 aliphatic heterocycles. The van der Waals surface area contributed by atoms with Crippen LogP contribution in [0.5, 0.6) is 11.5 Å². The van der Waals surface area contributed by atoms with Gasteiger partial charge in [-0.2, -0.15) is 0 Å². The summed E-state index contributed by atoms with van der Waals surface area (Å²) in [6.45, 7) is 0.610. The highest BCUT2D eigenvalue weighted by Crippen LogP contribution is 2.33. The smallest absolute Gasteiger partial charge is 0.337 e. The molecule has 1 aliphatic carbocycles. The monoisotopic (exact) mass is 534 g/mol. The van der Waals surface area contributed by atoms with E-state index in [4.69, 9.17) is 19.9 Å². The summed E-state index contributed by atoms with van der Waals surface area (Å²) < 4.78 is 16.4. The molecule has 3 aromatic carbocycles. The van der Waals surface area contributed by atoms with Crippen LogP contribution in [0, 0.1) is 5.92 Å². The molecule has 0 saturated heterocycles. The average Bonchev–Trinajstić information content (AvgIpc) is 3.09. The van der Waals surface area contributed by atoms with Gasteiger partial charge >= 0.3 is 5.97 Å². The number of aliphatic hydroxyl groups excluding tert-OH is 2. The van der Waals surface area contributed by atoms with Crippen molar-refractivity contribution in [3.05, 3.63) is 95.6 Å². The lowest BCUT2D eigenvalue weighted by atomic mass is 9.90. The Morgan fingerprint density at radius 1 is 0.949 bits per heavy atom. The molecule has 3 aromatic rings. The molecule has 208 valence electrons. The number of aliphatic hydroxyl groups is 2. The van der Waals surface area contributed by atoms with Gasteiger partial charge in [0.15, 0.2) is 0 Å². The van der Waals surface area contributed by atoms with Crippen LogP contribution in [0.25, 0.3) is 0 Å². The largest absolute Gasteiger partial charge is 0.491 e. The Morgan fingerprint density at radius 3 is 2.18 bits per heavy atom. The lowest BCUT2D eigenvalue weighted by Crippen LogP contribution is -2.44. The standard InChI is InChI=1S/C31H38N2O6/c1-37-31(36)23-13-12-22-14-21(15-24(34)19-38-26-8-4-2-5-9-26)16-29(30(32)28(22)17-23)33-18-25(35)20-39-27-10-6-3-7-11-27/h2-13,17,21,24-25,29-30,33-35H,14-16,18-20,32H2,1H3/t21?,24-,25-,29?,30?/m0/s1. The van der Waals surface area contributed by atoms with Crippen molar-refractivity contribution in [1.29, 1.82) is 0 Å². The highest BCUT2D eigenvalue weighted by atomic mass is 16.5. The molecular formula is C31H38N2O6. The lowest BCUT2D eigenvalue weighted by Gasteiger charge is -2.28. The van der Waals surface area contributed by atoms with Crippen LogP contribution < -0.4 is 20.5 Å². The van der Waals surface area contributed by atoms with Crippen molar-refractivity contribution in [3.63, 3.8) is 0 Å². The molecule has 0 heterocycles. The van der Waals surface area contributed by atoms with Crippen LogP contribution in [-0.4, -0.2) is 61.3 Å². The molecule has 0 saturated carbocycles. The minimum absolute atomic E-state index is 0.103. The Kier molecular flexibility index (Phi) is 10.3. The Labute approximate surface area is 229 Å². The normalized spacial score (nSPS) is 20.3. The first-order valence-corrected chi connectivity index (χ1v) is 13.3. The van der Waals surface area contributed by atoms with Gasteiger partial charge in [0.1, 0.15) is 30.8 Å². The van der Waals surface area contributed by atoms with Crippen molar-refractivity contribution in [2.75, 3.05) is 26.9 Å². The van der Waals surface area contributed by atoms with Crippen LogP contribution in [0.1, 0.15) is 40.4 Å². The van der Waals surface area contributed by atoms with Crippen LogP contribution in [0.2, 0.25) is 0 Å². The summed E-state index contributed by atoms with van der Waals surface area (Å²) in [6, 6.07) is 23.6. The van der Waals surface area contributed by atoms with Crippen molar-refractivity contribution in [2.24, 2.45) is 11.7 Å². The Hall–Kier alpha value is -3.43. The zero-order valence-electron chi connectivity index (χ0n) is 22.2. The van der Waals surface area contributed by atoms with E-state index in [1.807, 2.05) is 66.7 Å². The summed E-state index contributed by atoms with van der Waals surface area (Å²) >= 11 is 0. The summed E-state index contributed by atoms with van der Waals surface area (Å²) in [5, 5.41) is 24.8. The molecule has 39 heavy (non-hydrogen) atoms. The quantitative estimate of drug-likeness (QED) is 0.206. The van der Waals surface area contributed by atoms with Crippen LogP contribution in [0.4, 0.5) is 0 Å². The second-order valence-corrected chi connectivity index (χ2v) is 10.0. The van der Waals surface area contributed by atoms with E-state index in [1.165, 1.54) is 7.11 Å². The van der Waals surface area contributed by atoms with E-state index >= 15 is 0 Å². The number of para-hydroxylation sites is 2. The number of methoxy groups -OCH3 is 1. The fourth-order valence-corrected chi connectivity index (χ4v) is 5.06. The molecule has 0 spiro atoms. The summed E-state index contributed by atoms with van der Waals surface area (Å²) in [5.74, 6) is 1.09. The van der Waals surface area contributed by atoms with E-state index in [0.29, 0.717) is 36.3 Å². The molecule has 8 heteroatoms. The third-order valence-corrected chi connectivity index (χ3v) is 7.05. The zero-order valence-corrected chi connectivity index (χ0v) is 22.2. The van der Waals surface area contributed by atoms with Crippen molar-refractivity contribution < 1.29 is 29.2 Å². The molecule has 8 nitrogen and oxygen atoms in total. The molecule has 0 radical (unpaired) electrons. The minimum Gasteiger partial charge on any atom is -0.491 e. The number of carbonyl (C=O) groups is 1. The molecule has 1 aliphatic rings.